The van der Waals surface area contributed by atoms with Crippen LogP contribution in [0.5, 0.6) is 0 Å². The van der Waals surface area contributed by atoms with Crippen molar-refractivity contribution in [3.63, 3.8) is 0 Å². The van der Waals surface area contributed by atoms with Gasteiger partial charge in [-0.05, 0) is 26.4 Å². The summed E-state index contributed by atoms with van der Waals surface area (Å²) in [6, 6.07) is 0.155. The molecule has 0 saturated carbocycles. The summed E-state index contributed by atoms with van der Waals surface area (Å²) in [6.07, 6.45) is -2.24. The van der Waals surface area contributed by atoms with E-state index in [4.69, 9.17) is 0 Å². The van der Waals surface area contributed by atoms with Gasteiger partial charge in [0.1, 0.15) is 0 Å². The van der Waals surface area contributed by atoms with Gasteiger partial charge in [-0.3, -0.25) is 4.90 Å². The van der Waals surface area contributed by atoms with Crippen molar-refractivity contribution in [1.82, 2.24) is 10.2 Å². The van der Waals surface area contributed by atoms with E-state index in [2.05, 4.69) is 19.2 Å². The van der Waals surface area contributed by atoms with Crippen LogP contribution in [0.15, 0.2) is 0 Å². The zero-order chi connectivity index (χ0) is 11.1. The van der Waals surface area contributed by atoms with Crippen molar-refractivity contribution in [2.75, 3.05) is 26.7 Å². The minimum atomic E-state index is -2.24. The van der Waals surface area contributed by atoms with Gasteiger partial charge in [-0.1, -0.05) is 13.8 Å². The molecule has 0 bridgehead atoms. The Morgan fingerprint density at radius 1 is 1.14 bits per heavy atom. The molecule has 1 N–H and O–H groups in total. The third-order valence-corrected chi connectivity index (χ3v) is 2.17. The summed E-state index contributed by atoms with van der Waals surface area (Å²) >= 11 is 0. The molecule has 86 valence electrons. The number of alkyl halides is 2. The van der Waals surface area contributed by atoms with Crippen molar-refractivity contribution >= 4 is 0 Å². The predicted octanol–water partition coefficient (Wildman–Crippen LogP) is 1.82. The van der Waals surface area contributed by atoms with Crippen LogP contribution in [-0.2, 0) is 0 Å². The smallest absolute Gasteiger partial charge is 0.251 e. The highest BCUT2D eigenvalue weighted by Crippen LogP contribution is 2.00. The molecule has 0 amide bonds. The highest BCUT2D eigenvalue weighted by Gasteiger charge is 2.13. The van der Waals surface area contributed by atoms with Crippen molar-refractivity contribution in [3.8, 4) is 0 Å². The van der Waals surface area contributed by atoms with Gasteiger partial charge in [0, 0.05) is 12.6 Å². The molecule has 0 aromatic carbocycles. The fourth-order valence-electron chi connectivity index (χ4n) is 1.13. The minimum absolute atomic E-state index is 0.148. The van der Waals surface area contributed by atoms with Gasteiger partial charge in [0.2, 0.25) is 0 Å². The Balaban J connectivity index is 3.56. The van der Waals surface area contributed by atoms with Crippen molar-refractivity contribution in [1.29, 1.82) is 0 Å². The predicted molar refractivity (Wildman–Crippen MR) is 55.8 cm³/mol. The van der Waals surface area contributed by atoms with Crippen molar-refractivity contribution in [2.24, 2.45) is 5.92 Å². The molecule has 2 nitrogen and oxygen atoms in total. The summed E-state index contributed by atoms with van der Waals surface area (Å²) in [7, 11) is 1.73. The quantitative estimate of drug-likeness (QED) is 0.686. The molecule has 0 heterocycles. The number of nitrogens with zero attached hydrogens (tertiary/aromatic N) is 1. The van der Waals surface area contributed by atoms with Gasteiger partial charge in [0.05, 0.1) is 6.54 Å². The number of likely N-dealkylation sites (N-methyl/N-ethyl adjacent to an activating group) is 1. The normalized spacial score (nSPS) is 14.4. The van der Waals surface area contributed by atoms with Gasteiger partial charge in [-0.15, -0.1) is 0 Å². The van der Waals surface area contributed by atoms with E-state index in [-0.39, 0.29) is 12.6 Å². The third-order valence-electron chi connectivity index (χ3n) is 2.17. The Bertz CT molecular complexity index is 140. The molecule has 0 saturated heterocycles. The summed E-state index contributed by atoms with van der Waals surface area (Å²) in [5.74, 6) is 0.600. The molecule has 0 aliphatic carbocycles. The lowest BCUT2D eigenvalue weighted by Gasteiger charge is -2.24. The molecule has 0 aromatic heterocycles. The fraction of sp³-hybridized carbons (Fsp3) is 1.00. The monoisotopic (exact) mass is 208 g/mol. The lowest BCUT2D eigenvalue weighted by atomic mass is 10.2. The Hall–Kier alpha value is -0.220. The Morgan fingerprint density at radius 3 is 2.14 bits per heavy atom. The molecule has 14 heavy (non-hydrogen) atoms. The van der Waals surface area contributed by atoms with Crippen LogP contribution in [0.4, 0.5) is 8.78 Å². The van der Waals surface area contributed by atoms with Crippen LogP contribution in [0.1, 0.15) is 20.8 Å². The molecule has 0 aromatic rings. The zero-order valence-electron chi connectivity index (χ0n) is 9.56. The summed E-state index contributed by atoms with van der Waals surface area (Å²) in [4.78, 5) is 1.68. The first-order valence-corrected chi connectivity index (χ1v) is 5.12. The van der Waals surface area contributed by atoms with Gasteiger partial charge in [-0.2, -0.15) is 0 Å². The Kier molecular flexibility index (Phi) is 7.01. The van der Waals surface area contributed by atoms with E-state index in [0.717, 1.165) is 13.1 Å². The van der Waals surface area contributed by atoms with Crippen LogP contribution < -0.4 is 5.32 Å². The molecule has 0 rings (SSSR count). The van der Waals surface area contributed by atoms with E-state index < -0.39 is 6.43 Å². The van der Waals surface area contributed by atoms with Gasteiger partial charge in [0.25, 0.3) is 6.43 Å². The SMILES string of the molecule is CC(C)CNCC(C)N(C)CC(F)F. The van der Waals surface area contributed by atoms with Crippen molar-refractivity contribution < 1.29 is 8.78 Å². The van der Waals surface area contributed by atoms with Gasteiger partial charge in [-0.25, -0.2) is 8.78 Å². The maximum atomic E-state index is 12.0. The van der Waals surface area contributed by atoms with E-state index in [0.29, 0.717) is 5.92 Å². The van der Waals surface area contributed by atoms with E-state index >= 15 is 0 Å². The van der Waals surface area contributed by atoms with Crippen molar-refractivity contribution in [3.05, 3.63) is 0 Å². The average molecular weight is 208 g/mol. The van der Waals surface area contributed by atoms with Gasteiger partial charge in [0.15, 0.2) is 0 Å². The molecule has 4 heteroatoms. The first-order chi connectivity index (χ1) is 6.43. The van der Waals surface area contributed by atoms with Gasteiger partial charge < -0.3 is 5.32 Å². The van der Waals surface area contributed by atoms with E-state index in [1.807, 2.05) is 6.92 Å². The van der Waals surface area contributed by atoms with Crippen LogP contribution in [0, 0.1) is 5.92 Å². The molecular weight excluding hydrogens is 186 g/mol. The second-order valence-corrected chi connectivity index (χ2v) is 4.23. The standard InChI is InChI=1S/C10H22F2N2/c1-8(2)5-13-6-9(3)14(4)7-10(11)12/h8-10,13H,5-7H2,1-4H3. The van der Waals surface area contributed by atoms with Gasteiger partial charge >= 0.3 is 0 Å². The number of hydrogen-bond acceptors (Lipinski definition) is 2. The highest BCUT2D eigenvalue weighted by molar-refractivity contribution is 4.67. The molecule has 0 radical (unpaired) electrons. The topological polar surface area (TPSA) is 15.3 Å². The summed E-state index contributed by atoms with van der Waals surface area (Å²) < 4.78 is 24.1. The van der Waals surface area contributed by atoms with Crippen LogP contribution in [0.2, 0.25) is 0 Å². The second kappa shape index (κ2) is 7.12. The highest BCUT2D eigenvalue weighted by atomic mass is 19.3. The maximum Gasteiger partial charge on any atom is 0.251 e. The Morgan fingerprint density at radius 2 is 1.71 bits per heavy atom. The first-order valence-electron chi connectivity index (χ1n) is 5.12. The molecule has 0 aliphatic heterocycles. The molecule has 1 atom stereocenters. The summed E-state index contributed by atoms with van der Waals surface area (Å²) in [6.45, 7) is 7.76. The van der Waals surface area contributed by atoms with Crippen LogP contribution >= 0.6 is 0 Å². The maximum absolute atomic E-state index is 12.0. The molecule has 1 unspecified atom stereocenters. The molecule has 0 spiro atoms. The fourth-order valence-corrected chi connectivity index (χ4v) is 1.13. The van der Waals surface area contributed by atoms with E-state index in [1.54, 1.807) is 11.9 Å². The van der Waals surface area contributed by atoms with E-state index in [1.165, 1.54) is 0 Å². The average Bonchev–Trinajstić information content (AvgIpc) is 2.01. The first kappa shape index (κ1) is 13.8. The summed E-state index contributed by atoms with van der Waals surface area (Å²) in [5, 5.41) is 3.25. The summed E-state index contributed by atoms with van der Waals surface area (Å²) in [5.41, 5.74) is 0. The number of hydrogen-bond donors (Lipinski definition) is 1. The zero-order valence-corrected chi connectivity index (χ0v) is 9.56. The number of halogens is 2. The largest absolute Gasteiger partial charge is 0.315 e. The minimum Gasteiger partial charge on any atom is -0.315 e. The molecular formula is C10H22F2N2. The van der Waals surface area contributed by atoms with Crippen LogP contribution in [0.25, 0.3) is 0 Å². The van der Waals surface area contributed by atoms with Crippen LogP contribution in [0.3, 0.4) is 0 Å². The lowest BCUT2D eigenvalue weighted by Crippen LogP contribution is -2.41. The van der Waals surface area contributed by atoms with Crippen molar-refractivity contribution in [2.45, 2.75) is 33.2 Å². The number of nitrogens with one attached hydrogen (secondary N) is 1. The number of rotatable bonds is 7. The molecule has 0 fully saturated rings. The Labute approximate surface area is 85.7 Å². The molecule has 0 aliphatic rings. The van der Waals surface area contributed by atoms with Crippen LogP contribution in [-0.4, -0.2) is 44.0 Å². The second-order valence-electron chi connectivity index (χ2n) is 4.23. The van der Waals surface area contributed by atoms with E-state index in [9.17, 15) is 8.78 Å². The lowest BCUT2D eigenvalue weighted by molar-refractivity contribution is 0.0839. The third kappa shape index (κ3) is 7.21.